The topological polar surface area (TPSA) is 0 Å². The maximum absolute atomic E-state index is 2.43. The van der Waals surface area contributed by atoms with Crippen LogP contribution >= 0.6 is 0 Å². The van der Waals surface area contributed by atoms with Crippen LogP contribution in [0.5, 0.6) is 0 Å². The van der Waals surface area contributed by atoms with E-state index in [1.54, 1.807) is 0 Å². The summed E-state index contributed by atoms with van der Waals surface area (Å²) in [6, 6.07) is 0. The minimum atomic E-state index is -0.329. The summed E-state index contributed by atoms with van der Waals surface area (Å²) in [5.41, 5.74) is 0. The first-order chi connectivity index (χ1) is 4.20. The molecular weight excluding hydrogens is 184 g/mol. The second-order valence-electron chi connectivity index (χ2n) is 3.26. The third-order valence-electron chi connectivity index (χ3n) is 2.20. The van der Waals surface area contributed by atoms with Gasteiger partial charge in [-0.15, -0.1) is 0 Å². The standard InChI is InChI=1S/2C4H9.Sr/c2*1-3-4-2;/h2*3H,4H2,1-2H3;. The van der Waals surface area contributed by atoms with Crippen LogP contribution in [0.1, 0.15) is 40.5 Å². The van der Waals surface area contributed by atoms with Crippen LogP contribution in [0.3, 0.4) is 0 Å². The number of hydrogen-bond acceptors (Lipinski definition) is 0. The molecule has 0 bridgehead atoms. The van der Waals surface area contributed by atoms with Gasteiger partial charge in [0.25, 0.3) is 0 Å². The molecule has 0 saturated carbocycles. The van der Waals surface area contributed by atoms with Gasteiger partial charge in [-0.25, -0.2) is 0 Å². The van der Waals surface area contributed by atoms with Crippen molar-refractivity contribution in [1.29, 1.82) is 0 Å². The molecule has 0 nitrogen and oxygen atoms in total. The molecule has 0 rings (SSSR count). The summed E-state index contributed by atoms with van der Waals surface area (Å²) >= 11 is -0.329. The summed E-state index contributed by atoms with van der Waals surface area (Å²) < 4.78 is 2.28. The Labute approximate surface area is 82.2 Å². The van der Waals surface area contributed by atoms with Gasteiger partial charge in [-0.05, 0) is 0 Å². The van der Waals surface area contributed by atoms with Crippen LogP contribution in [0.4, 0.5) is 0 Å². The molecule has 2 atom stereocenters. The predicted octanol–water partition coefficient (Wildman–Crippen LogP) is 3.13. The molecule has 0 saturated heterocycles. The fraction of sp³-hybridized carbons (Fsp3) is 1.00. The summed E-state index contributed by atoms with van der Waals surface area (Å²) in [6.45, 7) is 9.51. The first-order valence-corrected chi connectivity index (χ1v) is 8.22. The molecule has 0 amide bonds. The van der Waals surface area contributed by atoms with Gasteiger partial charge in [-0.2, -0.15) is 0 Å². The molecule has 0 N–H and O–H groups in total. The van der Waals surface area contributed by atoms with E-state index < -0.39 is 0 Å². The Hall–Kier alpha value is 1.48. The summed E-state index contributed by atoms with van der Waals surface area (Å²) in [5.74, 6) is 0. The van der Waals surface area contributed by atoms with Crippen molar-refractivity contribution in [3.8, 4) is 0 Å². The summed E-state index contributed by atoms with van der Waals surface area (Å²) in [7, 11) is 0. The van der Waals surface area contributed by atoms with Gasteiger partial charge >= 0.3 is 83.3 Å². The second kappa shape index (κ2) is 6.21. The first-order valence-electron chi connectivity index (χ1n) is 4.20. The van der Waals surface area contributed by atoms with Gasteiger partial charge in [0.2, 0.25) is 0 Å². The molecule has 9 heavy (non-hydrogen) atoms. The average Bonchev–Trinajstić information content (AvgIpc) is 1.87. The average molecular weight is 202 g/mol. The second-order valence-corrected chi connectivity index (χ2v) is 11.3. The number of rotatable bonds is 4. The molecule has 0 aromatic carbocycles. The van der Waals surface area contributed by atoms with Crippen LogP contribution in [0, 0.1) is 0 Å². The maximum atomic E-state index is 2.43. The van der Waals surface area contributed by atoms with Gasteiger partial charge in [0.15, 0.2) is 0 Å². The van der Waals surface area contributed by atoms with Crippen LogP contribution in [0.2, 0.25) is 1.78 Å². The fourth-order valence-corrected chi connectivity index (χ4v) is 6.04. The zero-order valence-electron chi connectivity index (χ0n) is 7.28. The Kier molecular flexibility index (Phi) is 7.23. The van der Waals surface area contributed by atoms with Crippen LogP contribution in [0.25, 0.3) is 0 Å². The van der Waals surface area contributed by atoms with Crippen LogP contribution in [-0.2, 0) is 0 Å². The Morgan fingerprint density at radius 1 is 1.00 bits per heavy atom. The third kappa shape index (κ3) is 5.90. The van der Waals surface area contributed by atoms with E-state index >= 15 is 0 Å². The quantitative estimate of drug-likeness (QED) is 0.614. The summed E-state index contributed by atoms with van der Waals surface area (Å²) in [6.07, 6.45) is 2.86. The molecule has 0 aliphatic heterocycles. The molecule has 0 aliphatic carbocycles. The molecule has 2 unspecified atom stereocenters. The Morgan fingerprint density at radius 3 is 1.56 bits per heavy atom. The zero-order valence-corrected chi connectivity index (χ0v) is 10.8. The Morgan fingerprint density at radius 2 is 1.33 bits per heavy atom. The van der Waals surface area contributed by atoms with Crippen molar-refractivity contribution in [2.75, 3.05) is 0 Å². The molecule has 0 aromatic rings. The normalized spacial score (nSPS) is 16.4. The van der Waals surface area contributed by atoms with E-state index in [0.717, 1.165) is 1.78 Å². The SMILES string of the molecule is CC[CH](C)[Sr][CH](C)CC. The van der Waals surface area contributed by atoms with E-state index in [1.165, 1.54) is 12.8 Å². The molecule has 1 heteroatoms. The monoisotopic (exact) mass is 202 g/mol. The van der Waals surface area contributed by atoms with Gasteiger partial charge in [-0.1, -0.05) is 0 Å². The van der Waals surface area contributed by atoms with E-state index in [2.05, 4.69) is 27.7 Å². The van der Waals surface area contributed by atoms with Gasteiger partial charge in [0.05, 0.1) is 0 Å². The van der Waals surface area contributed by atoms with Crippen molar-refractivity contribution in [3.63, 3.8) is 0 Å². The van der Waals surface area contributed by atoms with Crippen molar-refractivity contribution in [2.45, 2.75) is 42.3 Å². The van der Waals surface area contributed by atoms with Crippen LogP contribution in [-0.4, -0.2) is 41.0 Å². The molecule has 0 spiro atoms. The van der Waals surface area contributed by atoms with Crippen LogP contribution < -0.4 is 0 Å². The van der Waals surface area contributed by atoms with Crippen molar-refractivity contribution in [3.05, 3.63) is 0 Å². The van der Waals surface area contributed by atoms with E-state index in [9.17, 15) is 0 Å². The molecular formula is C8H18Sr. The van der Waals surface area contributed by atoms with E-state index in [1.807, 2.05) is 0 Å². The van der Waals surface area contributed by atoms with Gasteiger partial charge < -0.3 is 0 Å². The van der Waals surface area contributed by atoms with E-state index in [4.69, 9.17) is 0 Å². The van der Waals surface area contributed by atoms with Crippen LogP contribution in [0.15, 0.2) is 0 Å². The van der Waals surface area contributed by atoms with E-state index in [0.29, 0.717) is 0 Å². The van der Waals surface area contributed by atoms with Gasteiger partial charge in [-0.3, -0.25) is 0 Å². The Balaban J connectivity index is 3.22. The minimum absolute atomic E-state index is 0.329. The molecule has 0 heterocycles. The summed E-state index contributed by atoms with van der Waals surface area (Å²) in [5, 5.41) is 0. The third-order valence-corrected chi connectivity index (χ3v) is 8.99. The molecule has 0 radical (unpaired) electrons. The van der Waals surface area contributed by atoms with Gasteiger partial charge in [0.1, 0.15) is 0 Å². The zero-order chi connectivity index (χ0) is 7.28. The molecule has 0 aromatic heterocycles. The number of hydrogen-bond donors (Lipinski definition) is 0. The Bertz CT molecular complexity index is 53.6. The summed E-state index contributed by atoms with van der Waals surface area (Å²) in [4.78, 5) is 0. The van der Waals surface area contributed by atoms with Crippen molar-refractivity contribution < 1.29 is 0 Å². The van der Waals surface area contributed by atoms with Crippen molar-refractivity contribution in [2.24, 2.45) is 0 Å². The first kappa shape index (κ1) is 10.5. The molecule has 0 aliphatic rings. The van der Waals surface area contributed by atoms with E-state index in [-0.39, 0.29) is 41.0 Å². The van der Waals surface area contributed by atoms with Crippen molar-refractivity contribution >= 4 is 41.0 Å². The predicted molar refractivity (Wildman–Crippen MR) is 45.2 cm³/mol. The van der Waals surface area contributed by atoms with Crippen molar-refractivity contribution in [1.82, 2.24) is 0 Å². The van der Waals surface area contributed by atoms with Gasteiger partial charge in [0, 0.05) is 0 Å². The molecule has 52 valence electrons. The molecule has 0 fully saturated rings. The fourth-order valence-electron chi connectivity index (χ4n) is 1.02.